The lowest BCUT2D eigenvalue weighted by molar-refractivity contribution is -0.142. The van der Waals surface area contributed by atoms with Crippen LogP contribution in [0.25, 0.3) is 0 Å². The van der Waals surface area contributed by atoms with E-state index in [0.29, 0.717) is 6.42 Å². The molecule has 0 unspecified atom stereocenters. The average Bonchev–Trinajstić information content (AvgIpc) is 2.46. The van der Waals surface area contributed by atoms with Gasteiger partial charge in [-0.25, -0.2) is 0 Å². The van der Waals surface area contributed by atoms with Gasteiger partial charge in [-0.3, -0.25) is 4.79 Å². The van der Waals surface area contributed by atoms with E-state index in [4.69, 9.17) is 0 Å². The summed E-state index contributed by atoms with van der Waals surface area (Å²) in [4.78, 5) is 12.3. The van der Waals surface area contributed by atoms with Crippen molar-refractivity contribution in [3.8, 4) is 0 Å². The van der Waals surface area contributed by atoms with Crippen molar-refractivity contribution in [1.29, 1.82) is 0 Å². The molecule has 0 spiro atoms. The lowest BCUT2D eigenvalue weighted by Crippen LogP contribution is -2.38. The number of carboxylic acid groups (broad SMARTS) is 1. The number of hydrogen-bond acceptors (Lipinski definition) is 1. The predicted molar refractivity (Wildman–Crippen MR) is 85.7 cm³/mol. The summed E-state index contributed by atoms with van der Waals surface area (Å²) < 4.78 is 0. The highest BCUT2D eigenvalue weighted by atomic mass is 16.4. The van der Waals surface area contributed by atoms with Crippen LogP contribution in [-0.4, -0.2) is 11.1 Å². The molecule has 21 heavy (non-hydrogen) atoms. The van der Waals surface area contributed by atoms with Gasteiger partial charge in [0.2, 0.25) is 0 Å². The quantitative estimate of drug-likeness (QED) is 0.878. The number of benzene rings is 2. The minimum absolute atomic E-state index is 0.595. The predicted octanol–water partition coefficient (Wildman–Crippen LogP) is 4.47. The van der Waals surface area contributed by atoms with E-state index in [9.17, 15) is 9.90 Å². The number of carbonyl (C=O) groups is 1. The number of aryl methyl sites for hydroxylation is 2. The molecule has 1 N–H and O–H groups in total. The molecule has 0 aliphatic heterocycles. The molecule has 0 atom stereocenters. The second kappa shape index (κ2) is 6.13. The molecule has 110 valence electrons. The van der Waals surface area contributed by atoms with Crippen molar-refractivity contribution >= 4 is 5.97 Å². The molecule has 0 radical (unpaired) electrons. The van der Waals surface area contributed by atoms with E-state index in [1.165, 1.54) is 0 Å². The van der Waals surface area contributed by atoms with Gasteiger partial charge >= 0.3 is 5.97 Å². The van der Waals surface area contributed by atoms with E-state index < -0.39 is 11.4 Å². The van der Waals surface area contributed by atoms with Crippen molar-refractivity contribution < 1.29 is 9.90 Å². The molecule has 2 aromatic rings. The van der Waals surface area contributed by atoms with Crippen LogP contribution in [0.3, 0.4) is 0 Å². The molecule has 0 aliphatic carbocycles. The summed E-state index contributed by atoms with van der Waals surface area (Å²) >= 11 is 0. The highest BCUT2D eigenvalue weighted by molar-refractivity contribution is 5.87. The zero-order valence-corrected chi connectivity index (χ0v) is 12.9. The molecule has 0 aliphatic rings. The van der Waals surface area contributed by atoms with E-state index in [1.54, 1.807) is 0 Å². The maximum Gasteiger partial charge on any atom is 0.318 e. The highest BCUT2D eigenvalue weighted by Crippen LogP contribution is 2.40. The molecule has 0 aromatic heterocycles. The molecule has 0 fully saturated rings. The smallest absolute Gasteiger partial charge is 0.318 e. The van der Waals surface area contributed by atoms with E-state index in [2.05, 4.69) is 0 Å². The summed E-state index contributed by atoms with van der Waals surface area (Å²) in [6.45, 7) is 6.01. The fourth-order valence-electron chi connectivity index (χ4n) is 3.23. The maximum atomic E-state index is 12.3. The Bertz CT molecular complexity index is 598. The standard InChI is InChI=1S/C19H22O2/c1-4-13-19(18(20)21,16-11-7-5-9-14(16)2)17-12-8-6-10-15(17)3/h5-12H,4,13H2,1-3H3,(H,20,21). The Kier molecular flexibility index (Phi) is 4.46. The molecule has 0 saturated carbocycles. The molecular weight excluding hydrogens is 260 g/mol. The van der Waals surface area contributed by atoms with Crippen molar-refractivity contribution in [2.45, 2.75) is 39.0 Å². The summed E-state index contributed by atoms with van der Waals surface area (Å²) in [6, 6.07) is 15.6. The summed E-state index contributed by atoms with van der Waals surface area (Å²) in [5.41, 5.74) is 2.88. The Labute approximate surface area is 126 Å². The van der Waals surface area contributed by atoms with Crippen molar-refractivity contribution in [3.63, 3.8) is 0 Å². The minimum atomic E-state index is -0.967. The number of aliphatic carboxylic acids is 1. The second-order valence-corrected chi connectivity index (χ2v) is 5.59. The van der Waals surface area contributed by atoms with Crippen LogP contribution in [0.5, 0.6) is 0 Å². The topological polar surface area (TPSA) is 37.3 Å². The first kappa shape index (κ1) is 15.3. The molecule has 2 aromatic carbocycles. The van der Waals surface area contributed by atoms with Crippen LogP contribution in [0, 0.1) is 13.8 Å². The van der Waals surface area contributed by atoms with E-state index in [1.807, 2.05) is 69.3 Å². The largest absolute Gasteiger partial charge is 0.480 e. The van der Waals surface area contributed by atoms with Gasteiger partial charge < -0.3 is 5.11 Å². The van der Waals surface area contributed by atoms with Crippen LogP contribution in [-0.2, 0) is 10.2 Å². The Hall–Kier alpha value is -2.09. The van der Waals surface area contributed by atoms with Crippen LogP contribution in [0.2, 0.25) is 0 Å². The van der Waals surface area contributed by atoms with Gasteiger partial charge in [-0.15, -0.1) is 0 Å². The minimum Gasteiger partial charge on any atom is -0.480 e. The second-order valence-electron chi connectivity index (χ2n) is 5.59. The van der Waals surface area contributed by atoms with Gasteiger partial charge in [0, 0.05) is 0 Å². The summed E-state index contributed by atoms with van der Waals surface area (Å²) in [6.07, 6.45) is 1.41. The number of rotatable bonds is 5. The van der Waals surface area contributed by atoms with Gasteiger partial charge in [0.15, 0.2) is 0 Å². The van der Waals surface area contributed by atoms with Crippen molar-refractivity contribution in [2.24, 2.45) is 0 Å². The molecule has 0 amide bonds. The lowest BCUT2D eigenvalue weighted by atomic mass is 9.69. The Balaban J connectivity index is 2.80. The van der Waals surface area contributed by atoms with Crippen LogP contribution in [0.15, 0.2) is 48.5 Å². The van der Waals surface area contributed by atoms with Crippen LogP contribution in [0.4, 0.5) is 0 Å². The van der Waals surface area contributed by atoms with Gasteiger partial charge in [0.05, 0.1) is 0 Å². The number of carboxylic acids is 1. The summed E-state index contributed by atoms with van der Waals surface area (Å²) in [5.74, 6) is -0.770. The van der Waals surface area contributed by atoms with Gasteiger partial charge in [0.1, 0.15) is 5.41 Å². The first-order valence-electron chi connectivity index (χ1n) is 7.39. The lowest BCUT2D eigenvalue weighted by Gasteiger charge is -2.33. The fraction of sp³-hybridized carbons (Fsp3) is 0.316. The third-order valence-electron chi connectivity index (χ3n) is 4.20. The average molecular weight is 282 g/mol. The molecule has 2 rings (SSSR count). The molecule has 2 nitrogen and oxygen atoms in total. The van der Waals surface area contributed by atoms with Gasteiger partial charge in [-0.05, 0) is 42.5 Å². The first-order valence-corrected chi connectivity index (χ1v) is 7.39. The Morgan fingerprint density at radius 2 is 1.38 bits per heavy atom. The van der Waals surface area contributed by atoms with Crippen LogP contribution in [0.1, 0.15) is 42.0 Å². The fourth-order valence-corrected chi connectivity index (χ4v) is 3.23. The van der Waals surface area contributed by atoms with Crippen LogP contribution >= 0.6 is 0 Å². The van der Waals surface area contributed by atoms with Crippen LogP contribution < -0.4 is 0 Å². The zero-order valence-electron chi connectivity index (χ0n) is 12.9. The van der Waals surface area contributed by atoms with Gasteiger partial charge in [0.25, 0.3) is 0 Å². The van der Waals surface area contributed by atoms with Crippen molar-refractivity contribution in [1.82, 2.24) is 0 Å². The number of hydrogen-bond donors (Lipinski definition) is 1. The third-order valence-corrected chi connectivity index (χ3v) is 4.20. The summed E-state index contributed by atoms with van der Waals surface area (Å²) in [5, 5.41) is 10.1. The van der Waals surface area contributed by atoms with E-state index in [-0.39, 0.29) is 0 Å². The normalized spacial score (nSPS) is 11.4. The zero-order chi connectivity index (χ0) is 15.5. The Morgan fingerprint density at radius 1 is 0.952 bits per heavy atom. The first-order chi connectivity index (χ1) is 10.0. The SMILES string of the molecule is CCCC(C(=O)O)(c1ccccc1C)c1ccccc1C. The van der Waals surface area contributed by atoms with E-state index >= 15 is 0 Å². The molecule has 0 bridgehead atoms. The summed E-state index contributed by atoms with van der Waals surface area (Å²) in [7, 11) is 0. The van der Waals surface area contributed by atoms with Crippen molar-refractivity contribution in [2.75, 3.05) is 0 Å². The monoisotopic (exact) mass is 282 g/mol. The highest BCUT2D eigenvalue weighted by Gasteiger charge is 2.43. The maximum absolute atomic E-state index is 12.3. The molecular formula is C19H22O2. The Morgan fingerprint density at radius 3 is 1.71 bits per heavy atom. The molecule has 0 heterocycles. The molecule has 2 heteroatoms. The van der Waals surface area contributed by atoms with Crippen molar-refractivity contribution in [3.05, 3.63) is 70.8 Å². The van der Waals surface area contributed by atoms with E-state index in [0.717, 1.165) is 28.7 Å². The third kappa shape index (κ3) is 2.58. The molecule has 0 saturated heterocycles. The van der Waals surface area contributed by atoms with Gasteiger partial charge in [-0.2, -0.15) is 0 Å². The van der Waals surface area contributed by atoms with Gasteiger partial charge in [-0.1, -0.05) is 61.9 Å².